The van der Waals surface area contributed by atoms with E-state index in [-0.39, 0.29) is 36.2 Å². The molecule has 9 heteroatoms. The molecule has 1 fully saturated rings. The molecule has 0 radical (unpaired) electrons. The van der Waals surface area contributed by atoms with E-state index in [9.17, 15) is 17.6 Å². The standard InChI is InChI=1S/C21H25FN2O5S/c1-15(2)29-20-7-6-18(30(26,27)24-8-10-28-11-9-24)14-19(20)23-21(25)13-16-4-3-5-17(22)12-16/h3-7,12,14-15H,8-11,13H2,1-2H3,(H,23,25). The minimum atomic E-state index is -3.73. The molecule has 0 aliphatic carbocycles. The zero-order valence-corrected chi connectivity index (χ0v) is 17.7. The van der Waals surface area contributed by atoms with Gasteiger partial charge in [0.25, 0.3) is 0 Å². The molecule has 0 unspecified atom stereocenters. The number of anilines is 1. The van der Waals surface area contributed by atoms with Crippen molar-refractivity contribution in [3.05, 3.63) is 53.8 Å². The zero-order chi connectivity index (χ0) is 21.7. The molecule has 0 spiro atoms. The maximum absolute atomic E-state index is 13.4. The molecule has 0 saturated carbocycles. The Morgan fingerprint density at radius 2 is 1.93 bits per heavy atom. The summed E-state index contributed by atoms with van der Waals surface area (Å²) >= 11 is 0. The Morgan fingerprint density at radius 1 is 1.20 bits per heavy atom. The van der Waals surface area contributed by atoms with E-state index < -0.39 is 21.7 Å². The lowest BCUT2D eigenvalue weighted by atomic mass is 10.1. The Hall–Kier alpha value is -2.49. The van der Waals surface area contributed by atoms with E-state index in [1.807, 2.05) is 13.8 Å². The Kier molecular flexibility index (Phi) is 7.06. The fourth-order valence-corrected chi connectivity index (χ4v) is 4.52. The molecule has 2 aromatic rings. The van der Waals surface area contributed by atoms with Crippen molar-refractivity contribution < 1.29 is 27.1 Å². The summed E-state index contributed by atoms with van der Waals surface area (Å²) < 4.78 is 51.6. The second-order valence-electron chi connectivity index (χ2n) is 7.20. The van der Waals surface area contributed by atoms with Gasteiger partial charge in [-0.25, -0.2) is 12.8 Å². The first-order valence-electron chi connectivity index (χ1n) is 9.68. The van der Waals surface area contributed by atoms with Gasteiger partial charge in [0, 0.05) is 13.1 Å². The fraction of sp³-hybridized carbons (Fsp3) is 0.381. The minimum Gasteiger partial charge on any atom is -0.489 e. The highest BCUT2D eigenvalue weighted by Gasteiger charge is 2.27. The largest absolute Gasteiger partial charge is 0.489 e. The van der Waals surface area contributed by atoms with Gasteiger partial charge in [0.15, 0.2) is 0 Å². The van der Waals surface area contributed by atoms with E-state index in [0.717, 1.165) is 0 Å². The van der Waals surface area contributed by atoms with Crippen molar-refractivity contribution in [2.75, 3.05) is 31.6 Å². The number of benzene rings is 2. The first-order valence-corrected chi connectivity index (χ1v) is 11.1. The maximum Gasteiger partial charge on any atom is 0.243 e. The second-order valence-corrected chi connectivity index (χ2v) is 9.13. The number of hydrogen-bond donors (Lipinski definition) is 1. The average Bonchev–Trinajstić information content (AvgIpc) is 2.69. The van der Waals surface area contributed by atoms with E-state index in [2.05, 4.69) is 5.32 Å². The predicted octanol–water partition coefficient (Wildman–Crippen LogP) is 2.82. The lowest BCUT2D eigenvalue weighted by Crippen LogP contribution is -2.40. The molecular formula is C21H25FN2O5S. The third kappa shape index (κ3) is 5.56. The van der Waals surface area contributed by atoms with Crippen LogP contribution in [0.15, 0.2) is 47.4 Å². The van der Waals surface area contributed by atoms with Gasteiger partial charge in [-0.1, -0.05) is 12.1 Å². The second kappa shape index (κ2) is 9.55. The summed E-state index contributed by atoms with van der Waals surface area (Å²) in [5, 5.41) is 2.71. The van der Waals surface area contributed by atoms with Crippen molar-refractivity contribution in [2.45, 2.75) is 31.3 Å². The fourth-order valence-electron chi connectivity index (χ4n) is 3.09. The van der Waals surface area contributed by atoms with Gasteiger partial charge >= 0.3 is 0 Å². The first kappa shape index (κ1) is 22.2. The van der Waals surface area contributed by atoms with Crippen LogP contribution in [0.2, 0.25) is 0 Å². The molecule has 0 aromatic heterocycles. The molecule has 0 bridgehead atoms. The van der Waals surface area contributed by atoms with Gasteiger partial charge in [0.1, 0.15) is 11.6 Å². The number of nitrogens with zero attached hydrogens (tertiary/aromatic N) is 1. The van der Waals surface area contributed by atoms with Gasteiger partial charge in [-0.3, -0.25) is 4.79 Å². The molecule has 2 aromatic carbocycles. The van der Waals surface area contributed by atoms with Gasteiger partial charge in [-0.05, 0) is 49.7 Å². The summed E-state index contributed by atoms with van der Waals surface area (Å²) in [6, 6.07) is 10.1. The molecule has 1 aliphatic heterocycles. The molecule has 1 saturated heterocycles. The average molecular weight is 437 g/mol. The number of hydrogen-bond acceptors (Lipinski definition) is 5. The molecule has 1 amide bonds. The summed E-state index contributed by atoms with van der Waals surface area (Å²) in [6.45, 7) is 4.88. The van der Waals surface area contributed by atoms with Crippen molar-refractivity contribution in [3.8, 4) is 5.75 Å². The van der Waals surface area contributed by atoms with Crippen LogP contribution in [-0.4, -0.2) is 51.0 Å². The Morgan fingerprint density at radius 3 is 2.60 bits per heavy atom. The van der Waals surface area contributed by atoms with Gasteiger partial charge in [0.05, 0.1) is 36.3 Å². The Bertz CT molecular complexity index is 1000. The number of halogens is 1. The third-order valence-electron chi connectivity index (χ3n) is 4.45. The summed E-state index contributed by atoms with van der Waals surface area (Å²) in [4.78, 5) is 12.6. The summed E-state index contributed by atoms with van der Waals surface area (Å²) in [5.41, 5.74) is 0.760. The maximum atomic E-state index is 13.4. The normalized spacial score (nSPS) is 15.2. The number of rotatable bonds is 7. The van der Waals surface area contributed by atoms with Gasteiger partial charge in [-0.2, -0.15) is 4.31 Å². The predicted molar refractivity (Wildman–Crippen MR) is 111 cm³/mol. The number of amides is 1. The molecule has 1 N–H and O–H groups in total. The van der Waals surface area contributed by atoms with Crippen LogP contribution in [0, 0.1) is 5.82 Å². The summed E-state index contributed by atoms with van der Waals surface area (Å²) in [7, 11) is -3.73. The van der Waals surface area contributed by atoms with Crippen molar-refractivity contribution in [1.82, 2.24) is 4.31 Å². The van der Waals surface area contributed by atoms with E-state index in [1.54, 1.807) is 6.07 Å². The van der Waals surface area contributed by atoms with Crippen LogP contribution >= 0.6 is 0 Å². The van der Waals surface area contributed by atoms with Crippen LogP contribution in [0.3, 0.4) is 0 Å². The highest BCUT2D eigenvalue weighted by molar-refractivity contribution is 7.89. The van der Waals surface area contributed by atoms with Crippen molar-refractivity contribution in [2.24, 2.45) is 0 Å². The van der Waals surface area contributed by atoms with Crippen LogP contribution < -0.4 is 10.1 Å². The molecule has 7 nitrogen and oxygen atoms in total. The minimum absolute atomic E-state index is 0.0562. The number of sulfonamides is 1. The molecule has 30 heavy (non-hydrogen) atoms. The van der Waals surface area contributed by atoms with Crippen LogP contribution in [-0.2, 0) is 26.0 Å². The van der Waals surface area contributed by atoms with Crippen molar-refractivity contribution >= 4 is 21.6 Å². The number of morpholine rings is 1. The van der Waals surface area contributed by atoms with Crippen molar-refractivity contribution in [1.29, 1.82) is 0 Å². The first-order chi connectivity index (χ1) is 14.3. The highest BCUT2D eigenvalue weighted by Crippen LogP contribution is 2.30. The van der Waals surface area contributed by atoms with E-state index in [0.29, 0.717) is 24.5 Å². The SMILES string of the molecule is CC(C)Oc1ccc(S(=O)(=O)N2CCOCC2)cc1NC(=O)Cc1cccc(F)c1. The van der Waals surface area contributed by atoms with Gasteiger partial charge in [-0.15, -0.1) is 0 Å². The van der Waals surface area contributed by atoms with Gasteiger partial charge < -0.3 is 14.8 Å². The molecule has 162 valence electrons. The van der Waals surface area contributed by atoms with Crippen LogP contribution in [0.25, 0.3) is 0 Å². The van der Waals surface area contributed by atoms with Crippen LogP contribution in [0.4, 0.5) is 10.1 Å². The van der Waals surface area contributed by atoms with Crippen molar-refractivity contribution in [3.63, 3.8) is 0 Å². The number of carbonyl (C=O) groups is 1. The highest BCUT2D eigenvalue weighted by atomic mass is 32.2. The molecule has 3 rings (SSSR count). The summed E-state index contributed by atoms with van der Waals surface area (Å²) in [5.74, 6) is -0.476. The zero-order valence-electron chi connectivity index (χ0n) is 16.9. The Balaban J connectivity index is 1.86. The Labute approximate surface area is 175 Å². The number of carbonyl (C=O) groups excluding carboxylic acids is 1. The van der Waals surface area contributed by atoms with E-state index in [4.69, 9.17) is 9.47 Å². The smallest absolute Gasteiger partial charge is 0.243 e. The van der Waals surface area contributed by atoms with Crippen LogP contribution in [0.1, 0.15) is 19.4 Å². The van der Waals surface area contributed by atoms with Crippen LogP contribution in [0.5, 0.6) is 5.75 Å². The monoisotopic (exact) mass is 436 g/mol. The number of ether oxygens (including phenoxy) is 2. The summed E-state index contributed by atoms with van der Waals surface area (Å²) in [6.07, 6.45) is -0.232. The lowest BCUT2D eigenvalue weighted by molar-refractivity contribution is -0.115. The van der Waals surface area contributed by atoms with E-state index >= 15 is 0 Å². The molecule has 1 aliphatic rings. The third-order valence-corrected chi connectivity index (χ3v) is 6.34. The van der Waals surface area contributed by atoms with E-state index in [1.165, 1.54) is 40.7 Å². The molecule has 1 heterocycles. The molecular weight excluding hydrogens is 411 g/mol. The molecule has 0 atom stereocenters. The quantitative estimate of drug-likeness (QED) is 0.722. The number of nitrogens with one attached hydrogen (secondary N) is 1. The lowest BCUT2D eigenvalue weighted by Gasteiger charge is -2.26. The van der Waals surface area contributed by atoms with Gasteiger partial charge in [0.2, 0.25) is 15.9 Å². The topological polar surface area (TPSA) is 84.9 Å².